The minimum absolute atomic E-state index is 0.216. The fourth-order valence-electron chi connectivity index (χ4n) is 2.27. The van der Waals surface area contributed by atoms with Crippen molar-refractivity contribution in [3.63, 3.8) is 0 Å². The molecule has 0 heterocycles. The molecule has 0 aromatic heterocycles. The molecule has 0 spiro atoms. The molecule has 0 fully saturated rings. The van der Waals surface area contributed by atoms with E-state index >= 15 is 0 Å². The molecule has 5 heteroatoms. The van der Waals surface area contributed by atoms with Crippen molar-refractivity contribution in [1.29, 1.82) is 0 Å². The molecule has 0 radical (unpaired) electrons. The van der Waals surface area contributed by atoms with Crippen LogP contribution in [-0.4, -0.2) is 14.2 Å². The van der Waals surface area contributed by atoms with Gasteiger partial charge >= 0.3 is 0 Å². The lowest BCUT2D eigenvalue weighted by Crippen LogP contribution is -2.07. The summed E-state index contributed by atoms with van der Waals surface area (Å²) in [6, 6.07) is 8.00. The summed E-state index contributed by atoms with van der Waals surface area (Å²) in [4.78, 5) is 0. The van der Waals surface area contributed by atoms with Gasteiger partial charge in [-0.1, -0.05) is 6.07 Å². The molecule has 0 saturated carbocycles. The molecule has 1 unspecified atom stereocenters. The van der Waals surface area contributed by atoms with Crippen molar-refractivity contribution in [3.05, 3.63) is 46.2 Å². The van der Waals surface area contributed by atoms with Crippen LogP contribution in [0.4, 0.5) is 4.39 Å². The minimum atomic E-state index is -0.316. The first-order chi connectivity index (χ1) is 9.99. The summed E-state index contributed by atoms with van der Waals surface area (Å²) in [6.07, 6.45) is 0. The largest absolute Gasteiger partial charge is 0.495 e. The van der Waals surface area contributed by atoms with E-state index in [1.54, 1.807) is 26.4 Å². The van der Waals surface area contributed by atoms with Gasteiger partial charge in [-0.05, 0) is 58.2 Å². The molecule has 0 amide bonds. The van der Waals surface area contributed by atoms with E-state index in [4.69, 9.17) is 15.2 Å². The topological polar surface area (TPSA) is 44.5 Å². The van der Waals surface area contributed by atoms with E-state index in [0.29, 0.717) is 21.5 Å². The standard InChI is InChI=1S/C16H17BrFNO2/c1-9(19)11-5-4-10(18)8-13(11)12-6-7-14(20-2)15(17)16(12)21-3/h4-9H,19H2,1-3H3. The zero-order chi connectivity index (χ0) is 15.6. The predicted octanol–water partition coefficient (Wildman–Crippen LogP) is 4.29. The maximum Gasteiger partial charge on any atom is 0.144 e. The summed E-state index contributed by atoms with van der Waals surface area (Å²) >= 11 is 3.45. The highest BCUT2D eigenvalue weighted by Gasteiger charge is 2.18. The smallest absolute Gasteiger partial charge is 0.144 e. The van der Waals surface area contributed by atoms with Crippen LogP contribution in [-0.2, 0) is 0 Å². The maximum absolute atomic E-state index is 13.7. The lowest BCUT2D eigenvalue weighted by atomic mass is 9.95. The van der Waals surface area contributed by atoms with Crippen molar-refractivity contribution in [2.75, 3.05) is 14.2 Å². The first-order valence-electron chi connectivity index (χ1n) is 6.45. The Bertz CT molecular complexity index is 659. The summed E-state index contributed by atoms with van der Waals surface area (Å²) in [5.74, 6) is 0.916. The Balaban J connectivity index is 2.72. The van der Waals surface area contributed by atoms with Crippen molar-refractivity contribution < 1.29 is 13.9 Å². The third-order valence-corrected chi connectivity index (χ3v) is 4.03. The quantitative estimate of drug-likeness (QED) is 0.891. The highest BCUT2D eigenvalue weighted by molar-refractivity contribution is 9.10. The summed E-state index contributed by atoms with van der Waals surface area (Å²) < 4.78 is 25.1. The van der Waals surface area contributed by atoms with Crippen LogP contribution in [0.25, 0.3) is 11.1 Å². The van der Waals surface area contributed by atoms with Gasteiger partial charge < -0.3 is 15.2 Å². The predicted molar refractivity (Wildman–Crippen MR) is 85.2 cm³/mol. The molecule has 2 aromatic rings. The van der Waals surface area contributed by atoms with Crippen LogP contribution < -0.4 is 15.2 Å². The second kappa shape index (κ2) is 6.45. The van der Waals surface area contributed by atoms with Gasteiger partial charge in [0.25, 0.3) is 0 Å². The zero-order valence-electron chi connectivity index (χ0n) is 12.1. The van der Waals surface area contributed by atoms with Gasteiger partial charge in [-0.3, -0.25) is 0 Å². The van der Waals surface area contributed by atoms with Crippen molar-refractivity contribution in [2.24, 2.45) is 5.73 Å². The average Bonchev–Trinajstić information content (AvgIpc) is 2.46. The van der Waals surface area contributed by atoms with Gasteiger partial charge in [0.15, 0.2) is 0 Å². The van der Waals surface area contributed by atoms with Crippen LogP contribution >= 0.6 is 15.9 Å². The molecular formula is C16H17BrFNO2. The highest BCUT2D eigenvalue weighted by Crippen LogP contribution is 2.43. The molecule has 0 bridgehead atoms. The van der Waals surface area contributed by atoms with Crippen LogP contribution in [0.2, 0.25) is 0 Å². The molecule has 0 aliphatic heterocycles. The van der Waals surface area contributed by atoms with E-state index in [-0.39, 0.29) is 11.9 Å². The monoisotopic (exact) mass is 353 g/mol. The fraction of sp³-hybridized carbons (Fsp3) is 0.250. The Morgan fingerprint density at radius 3 is 2.38 bits per heavy atom. The molecule has 112 valence electrons. The average molecular weight is 354 g/mol. The molecule has 3 nitrogen and oxygen atoms in total. The molecule has 2 aromatic carbocycles. The zero-order valence-corrected chi connectivity index (χ0v) is 13.7. The molecular weight excluding hydrogens is 337 g/mol. The van der Waals surface area contributed by atoms with Crippen LogP contribution in [0.5, 0.6) is 11.5 Å². The molecule has 2 N–H and O–H groups in total. The molecule has 1 atom stereocenters. The van der Waals surface area contributed by atoms with Crippen LogP contribution in [0.15, 0.2) is 34.8 Å². The minimum Gasteiger partial charge on any atom is -0.495 e. The number of hydrogen-bond donors (Lipinski definition) is 1. The number of rotatable bonds is 4. The Labute approximate surface area is 132 Å². The maximum atomic E-state index is 13.7. The molecule has 0 aliphatic rings. The van der Waals surface area contributed by atoms with E-state index in [1.807, 2.05) is 13.0 Å². The van der Waals surface area contributed by atoms with Gasteiger partial charge in [0, 0.05) is 11.6 Å². The van der Waals surface area contributed by atoms with E-state index in [1.165, 1.54) is 12.1 Å². The van der Waals surface area contributed by atoms with E-state index in [9.17, 15) is 4.39 Å². The van der Waals surface area contributed by atoms with E-state index in [2.05, 4.69) is 15.9 Å². The van der Waals surface area contributed by atoms with E-state index < -0.39 is 0 Å². The van der Waals surface area contributed by atoms with Crippen LogP contribution in [0, 0.1) is 5.82 Å². The lowest BCUT2D eigenvalue weighted by molar-refractivity contribution is 0.390. The number of nitrogens with two attached hydrogens (primary N) is 1. The van der Waals surface area contributed by atoms with Gasteiger partial charge in [0.2, 0.25) is 0 Å². The second-order valence-corrected chi connectivity index (χ2v) is 5.48. The first kappa shape index (κ1) is 15.8. The second-order valence-electron chi connectivity index (χ2n) is 4.68. The van der Waals surface area contributed by atoms with Gasteiger partial charge in [0.1, 0.15) is 21.8 Å². The Morgan fingerprint density at radius 2 is 1.81 bits per heavy atom. The third kappa shape index (κ3) is 3.04. The van der Waals surface area contributed by atoms with Gasteiger partial charge in [-0.15, -0.1) is 0 Å². The number of hydrogen-bond acceptors (Lipinski definition) is 3. The Kier molecular flexibility index (Phi) is 4.85. The summed E-state index contributed by atoms with van der Waals surface area (Å²) in [5, 5.41) is 0. The van der Waals surface area contributed by atoms with Crippen molar-refractivity contribution >= 4 is 15.9 Å². The van der Waals surface area contributed by atoms with Crippen LogP contribution in [0.1, 0.15) is 18.5 Å². The SMILES string of the molecule is COc1ccc(-c2cc(F)ccc2C(C)N)c(OC)c1Br. The van der Waals surface area contributed by atoms with Crippen molar-refractivity contribution in [3.8, 4) is 22.6 Å². The van der Waals surface area contributed by atoms with Gasteiger partial charge in [-0.25, -0.2) is 4.39 Å². The van der Waals surface area contributed by atoms with Gasteiger partial charge in [-0.2, -0.15) is 0 Å². The third-order valence-electron chi connectivity index (χ3n) is 3.28. The number of ether oxygens (including phenoxy) is 2. The Morgan fingerprint density at radius 1 is 1.10 bits per heavy atom. The van der Waals surface area contributed by atoms with Crippen molar-refractivity contribution in [1.82, 2.24) is 0 Å². The number of halogens is 2. The van der Waals surface area contributed by atoms with Crippen LogP contribution in [0.3, 0.4) is 0 Å². The summed E-state index contributed by atoms with van der Waals surface area (Å²) in [7, 11) is 3.14. The fourth-order valence-corrected chi connectivity index (χ4v) is 2.94. The Hall–Kier alpha value is -1.59. The molecule has 0 saturated heterocycles. The summed E-state index contributed by atoms with van der Waals surface area (Å²) in [6.45, 7) is 1.86. The van der Waals surface area contributed by atoms with Gasteiger partial charge in [0.05, 0.1) is 14.2 Å². The molecule has 2 rings (SSSR count). The molecule has 21 heavy (non-hydrogen) atoms. The summed E-state index contributed by atoms with van der Waals surface area (Å²) in [5.41, 5.74) is 8.32. The molecule has 0 aliphatic carbocycles. The van der Waals surface area contributed by atoms with E-state index in [0.717, 1.165) is 11.1 Å². The lowest BCUT2D eigenvalue weighted by Gasteiger charge is -2.18. The normalized spacial score (nSPS) is 12.1. The first-order valence-corrected chi connectivity index (χ1v) is 7.24. The highest BCUT2D eigenvalue weighted by atomic mass is 79.9. The number of methoxy groups -OCH3 is 2. The van der Waals surface area contributed by atoms with Crippen molar-refractivity contribution in [2.45, 2.75) is 13.0 Å². The number of benzene rings is 2.